The van der Waals surface area contributed by atoms with Crippen LogP contribution < -0.4 is 4.90 Å². The molecule has 3 nitrogen and oxygen atoms in total. The topological polar surface area (TPSA) is 20.5 Å². The van der Waals surface area contributed by atoms with Crippen molar-refractivity contribution in [3.05, 3.63) is 90.8 Å². The molecule has 4 rings (SSSR count). The standard InChI is InChI=1S/C23H21N3/c1-25(2)21-13-10-20(11-14-21)24-17-23-8-5-15-26(23)22-12-9-18-6-3-4-7-19(18)16-22/h3-17H,1-2H3. The highest BCUT2D eigenvalue weighted by molar-refractivity contribution is 5.86. The van der Waals surface area contributed by atoms with E-state index in [0.717, 1.165) is 17.1 Å². The van der Waals surface area contributed by atoms with Crippen LogP contribution in [0.2, 0.25) is 0 Å². The monoisotopic (exact) mass is 339 g/mol. The van der Waals surface area contributed by atoms with Gasteiger partial charge in [0.2, 0.25) is 0 Å². The second-order valence-corrected chi connectivity index (χ2v) is 6.50. The Morgan fingerprint density at radius 1 is 0.808 bits per heavy atom. The number of aromatic nitrogens is 1. The number of nitrogens with zero attached hydrogens (tertiary/aromatic N) is 3. The molecule has 0 radical (unpaired) electrons. The molecule has 3 aromatic carbocycles. The molecule has 3 heteroatoms. The molecule has 128 valence electrons. The second kappa shape index (κ2) is 6.89. The summed E-state index contributed by atoms with van der Waals surface area (Å²) in [5.74, 6) is 0. The van der Waals surface area contributed by atoms with Gasteiger partial charge in [-0.3, -0.25) is 4.99 Å². The Morgan fingerprint density at radius 2 is 1.58 bits per heavy atom. The van der Waals surface area contributed by atoms with E-state index in [4.69, 9.17) is 0 Å². The number of fused-ring (bicyclic) bond motifs is 1. The molecule has 1 aromatic heterocycles. The highest BCUT2D eigenvalue weighted by Crippen LogP contribution is 2.21. The lowest BCUT2D eigenvalue weighted by molar-refractivity contribution is 1.07. The molecule has 26 heavy (non-hydrogen) atoms. The van der Waals surface area contributed by atoms with Gasteiger partial charge in [0.1, 0.15) is 0 Å². The molecule has 0 aliphatic rings. The SMILES string of the molecule is CN(C)c1ccc(N=Cc2cccn2-c2ccc3ccccc3c2)cc1. The number of rotatable bonds is 4. The minimum Gasteiger partial charge on any atom is -0.378 e. The Kier molecular flexibility index (Phi) is 4.28. The Hall–Kier alpha value is -3.33. The van der Waals surface area contributed by atoms with Crippen LogP contribution in [0.4, 0.5) is 11.4 Å². The number of aliphatic imine (C=N–C) groups is 1. The van der Waals surface area contributed by atoms with Crippen LogP contribution in [0, 0.1) is 0 Å². The van der Waals surface area contributed by atoms with Crippen molar-refractivity contribution in [3.63, 3.8) is 0 Å². The van der Waals surface area contributed by atoms with Gasteiger partial charge in [-0.25, -0.2) is 0 Å². The first-order chi connectivity index (χ1) is 12.7. The Labute approximate surface area is 153 Å². The molecule has 4 aromatic rings. The summed E-state index contributed by atoms with van der Waals surface area (Å²) in [6.07, 6.45) is 3.99. The maximum absolute atomic E-state index is 4.63. The summed E-state index contributed by atoms with van der Waals surface area (Å²) in [6.45, 7) is 0. The maximum Gasteiger partial charge on any atom is 0.0639 e. The summed E-state index contributed by atoms with van der Waals surface area (Å²) in [6, 6.07) is 27.3. The van der Waals surface area contributed by atoms with Crippen molar-refractivity contribution in [1.82, 2.24) is 4.57 Å². The first kappa shape index (κ1) is 16.2. The fraction of sp³-hybridized carbons (Fsp3) is 0.0870. The van der Waals surface area contributed by atoms with E-state index in [9.17, 15) is 0 Å². The summed E-state index contributed by atoms with van der Waals surface area (Å²) in [4.78, 5) is 6.72. The van der Waals surface area contributed by atoms with Gasteiger partial charge in [-0.05, 0) is 59.3 Å². The minimum atomic E-state index is 0.946. The van der Waals surface area contributed by atoms with E-state index in [-0.39, 0.29) is 0 Å². The first-order valence-electron chi connectivity index (χ1n) is 8.69. The van der Waals surface area contributed by atoms with Gasteiger partial charge in [-0.15, -0.1) is 0 Å². The van der Waals surface area contributed by atoms with Gasteiger partial charge in [-0.1, -0.05) is 30.3 Å². The minimum absolute atomic E-state index is 0.946. The molecule has 0 N–H and O–H groups in total. The van der Waals surface area contributed by atoms with E-state index in [1.54, 1.807) is 0 Å². The number of hydrogen-bond acceptors (Lipinski definition) is 2. The van der Waals surface area contributed by atoms with Gasteiger partial charge in [0, 0.05) is 31.7 Å². The van der Waals surface area contributed by atoms with Crippen LogP contribution in [-0.4, -0.2) is 24.9 Å². The molecule has 0 spiro atoms. The van der Waals surface area contributed by atoms with Crippen LogP contribution in [0.3, 0.4) is 0 Å². The Bertz CT molecular complexity index is 1060. The summed E-state index contributed by atoms with van der Waals surface area (Å²) in [7, 11) is 4.07. The van der Waals surface area contributed by atoms with Crippen LogP contribution in [-0.2, 0) is 0 Å². The average molecular weight is 339 g/mol. The molecule has 0 bridgehead atoms. The predicted molar refractivity (Wildman–Crippen MR) is 111 cm³/mol. The molecule has 0 unspecified atom stereocenters. The summed E-state index contributed by atoms with van der Waals surface area (Å²) >= 11 is 0. The van der Waals surface area contributed by atoms with E-state index in [1.165, 1.54) is 16.5 Å². The molecular weight excluding hydrogens is 318 g/mol. The van der Waals surface area contributed by atoms with Crippen LogP contribution >= 0.6 is 0 Å². The molecule has 0 aliphatic heterocycles. The third kappa shape index (κ3) is 3.24. The average Bonchev–Trinajstić information content (AvgIpc) is 3.15. The lowest BCUT2D eigenvalue weighted by atomic mass is 10.1. The zero-order valence-corrected chi connectivity index (χ0v) is 15.0. The van der Waals surface area contributed by atoms with Crippen LogP contribution in [0.15, 0.2) is 90.1 Å². The third-order valence-corrected chi connectivity index (χ3v) is 4.50. The number of hydrogen-bond donors (Lipinski definition) is 0. The number of benzene rings is 3. The molecule has 0 aliphatic carbocycles. The van der Waals surface area contributed by atoms with E-state index in [2.05, 4.69) is 81.3 Å². The molecule has 0 saturated heterocycles. The molecule has 0 atom stereocenters. The molecular formula is C23H21N3. The first-order valence-corrected chi connectivity index (χ1v) is 8.69. The van der Waals surface area contributed by atoms with Crippen molar-refractivity contribution in [1.29, 1.82) is 0 Å². The largest absolute Gasteiger partial charge is 0.378 e. The quantitative estimate of drug-likeness (QED) is 0.453. The van der Waals surface area contributed by atoms with E-state index < -0.39 is 0 Å². The highest BCUT2D eigenvalue weighted by atomic mass is 15.1. The van der Waals surface area contributed by atoms with Crippen molar-refractivity contribution in [2.45, 2.75) is 0 Å². The Morgan fingerprint density at radius 3 is 2.35 bits per heavy atom. The lowest BCUT2D eigenvalue weighted by Gasteiger charge is -2.11. The third-order valence-electron chi connectivity index (χ3n) is 4.50. The summed E-state index contributed by atoms with van der Waals surface area (Å²) in [5, 5.41) is 2.49. The molecule has 0 fully saturated rings. The van der Waals surface area contributed by atoms with E-state index in [1.807, 2.05) is 38.5 Å². The molecule has 1 heterocycles. The van der Waals surface area contributed by atoms with Crippen LogP contribution in [0.5, 0.6) is 0 Å². The number of anilines is 1. The van der Waals surface area contributed by atoms with Crippen molar-refractivity contribution in [3.8, 4) is 5.69 Å². The van der Waals surface area contributed by atoms with E-state index in [0.29, 0.717) is 0 Å². The molecule has 0 amide bonds. The van der Waals surface area contributed by atoms with Gasteiger partial charge < -0.3 is 9.47 Å². The van der Waals surface area contributed by atoms with Gasteiger partial charge in [0.15, 0.2) is 0 Å². The smallest absolute Gasteiger partial charge is 0.0639 e. The van der Waals surface area contributed by atoms with Crippen molar-refractivity contribution < 1.29 is 0 Å². The van der Waals surface area contributed by atoms with Gasteiger partial charge in [-0.2, -0.15) is 0 Å². The van der Waals surface area contributed by atoms with Gasteiger partial charge in [0.25, 0.3) is 0 Å². The van der Waals surface area contributed by atoms with Gasteiger partial charge in [0.05, 0.1) is 17.6 Å². The zero-order valence-electron chi connectivity index (χ0n) is 15.0. The van der Waals surface area contributed by atoms with Crippen LogP contribution in [0.25, 0.3) is 16.5 Å². The fourth-order valence-corrected chi connectivity index (χ4v) is 3.04. The van der Waals surface area contributed by atoms with Crippen molar-refractivity contribution in [2.24, 2.45) is 4.99 Å². The van der Waals surface area contributed by atoms with Crippen molar-refractivity contribution >= 4 is 28.4 Å². The summed E-state index contributed by atoms with van der Waals surface area (Å²) < 4.78 is 2.16. The maximum atomic E-state index is 4.63. The predicted octanol–water partition coefficient (Wildman–Crippen LogP) is 5.45. The zero-order chi connectivity index (χ0) is 17.9. The van der Waals surface area contributed by atoms with E-state index >= 15 is 0 Å². The van der Waals surface area contributed by atoms with Crippen LogP contribution in [0.1, 0.15) is 5.69 Å². The summed E-state index contributed by atoms with van der Waals surface area (Å²) in [5.41, 5.74) is 4.31. The molecule has 0 saturated carbocycles. The Balaban J connectivity index is 1.63. The highest BCUT2D eigenvalue weighted by Gasteiger charge is 2.03. The second-order valence-electron chi connectivity index (χ2n) is 6.50. The lowest BCUT2D eigenvalue weighted by Crippen LogP contribution is -2.07. The van der Waals surface area contributed by atoms with Gasteiger partial charge >= 0.3 is 0 Å². The van der Waals surface area contributed by atoms with Crippen molar-refractivity contribution in [2.75, 3.05) is 19.0 Å². The fourth-order valence-electron chi connectivity index (χ4n) is 3.04. The normalized spacial score (nSPS) is 11.3.